The number of carbonyl (C=O) groups excluding carboxylic acids is 1. The van der Waals surface area contributed by atoms with Gasteiger partial charge in [0.25, 0.3) is 0 Å². The highest BCUT2D eigenvalue weighted by Crippen LogP contribution is 2.37. The summed E-state index contributed by atoms with van der Waals surface area (Å²) >= 11 is 0. The molecule has 2 aromatic rings. The van der Waals surface area contributed by atoms with Crippen LogP contribution in [-0.2, 0) is 25.5 Å². The molecule has 0 N–H and O–H groups in total. The number of esters is 1. The van der Waals surface area contributed by atoms with E-state index >= 15 is 0 Å². The summed E-state index contributed by atoms with van der Waals surface area (Å²) in [5.41, 5.74) is 1.60. The number of nitrogens with zero attached hydrogens (tertiary/aromatic N) is 2. The van der Waals surface area contributed by atoms with Gasteiger partial charge in [0.2, 0.25) is 0 Å². The van der Waals surface area contributed by atoms with Crippen LogP contribution in [-0.4, -0.2) is 55.6 Å². The molecule has 9 heteroatoms. The Morgan fingerprint density at radius 2 is 1.77 bits per heavy atom. The Kier molecular flexibility index (Phi) is 6.46. The number of methoxy groups -OCH3 is 1. The van der Waals surface area contributed by atoms with Crippen LogP contribution in [0, 0.1) is 6.92 Å². The average Bonchev–Trinajstić information content (AvgIpc) is 3.08. The van der Waals surface area contributed by atoms with Gasteiger partial charge in [-0.2, -0.15) is 0 Å². The Balaban J connectivity index is 2.00. The number of carbonyl (C=O) groups is 1. The van der Waals surface area contributed by atoms with Crippen molar-refractivity contribution in [3.63, 3.8) is 0 Å². The number of aryl methyl sites for hydroxylation is 1. The van der Waals surface area contributed by atoms with Gasteiger partial charge in [-0.1, -0.05) is 19.6 Å². The molecule has 1 fully saturated rings. The first-order valence-electron chi connectivity index (χ1n) is 10.8. The third-order valence-corrected chi connectivity index (χ3v) is 7.92. The first-order chi connectivity index (χ1) is 14.3. The molecule has 0 bridgehead atoms. The fourth-order valence-electron chi connectivity index (χ4n) is 3.44. The Morgan fingerprint density at radius 3 is 2.32 bits per heavy atom. The molecule has 0 radical (unpaired) electrons. The van der Waals surface area contributed by atoms with Crippen molar-refractivity contribution in [3.8, 4) is 0 Å². The highest BCUT2D eigenvalue weighted by molar-refractivity contribution is 6.76. The Hall–Kier alpha value is -1.68. The van der Waals surface area contributed by atoms with Crippen molar-refractivity contribution in [1.29, 1.82) is 0 Å². The topological polar surface area (TPSA) is 71.8 Å². The number of hydrogen-bond acceptors (Lipinski definition) is 6. The number of benzene rings is 1. The van der Waals surface area contributed by atoms with Gasteiger partial charge in [0, 0.05) is 14.7 Å². The first-order valence-corrected chi connectivity index (χ1v) is 14.5. The third kappa shape index (κ3) is 4.89. The number of imidazole rings is 1. The van der Waals surface area contributed by atoms with Crippen LogP contribution >= 0.6 is 0 Å². The molecule has 0 unspecified atom stereocenters. The van der Waals surface area contributed by atoms with E-state index in [0.29, 0.717) is 24.4 Å². The fraction of sp³-hybridized carbons (Fsp3) is 0.636. The van der Waals surface area contributed by atoms with E-state index in [2.05, 4.69) is 24.6 Å². The minimum absolute atomic E-state index is 0.375. The molecule has 0 saturated carbocycles. The molecule has 1 aliphatic rings. The van der Waals surface area contributed by atoms with Gasteiger partial charge < -0.3 is 23.3 Å². The summed E-state index contributed by atoms with van der Waals surface area (Å²) in [5, 5.41) is 0. The number of fused-ring (bicyclic) bond motifs is 1. The second-order valence-corrected chi connectivity index (χ2v) is 16.1. The van der Waals surface area contributed by atoms with E-state index in [4.69, 9.17) is 18.8 Å². The smallest absolute Gasteiger partial charge is 0.465 e. The molecule has 1 aliphatic heterocycles. The van der Waals surface area contributed by atoms with Crippen molar-refractivity contribution in [3.05, 3.63) is 23.5 Å². The van der Waals surface area contributed by atoms with Gasteiger partial charge in [0.05, 0.1) is 29.4 Å². The fourth-order valence-corrected chi connectivity index (χ4v) is 4.20. The van der Waals surface area contributed by atoms with E-state index in [1.54, 1.807) is 6.07 Å². The Bertz CT molecular complexity index is 964. The molecule has 7 nitrogen and oxygen atoms in total. The number of hydrogen-bond donors (Lipinski definition) is 0. The summed E-state index contributed by atoms with van der Waals surface area (Å²) in [7, 11) is -0.388. The standard InChI is InChI=1S/C22H35BN2O5Si/c1-15-24-19-17(20(26)27-6)12-16(23-29-21(2,3)22(4,5)30-23)13-18(19)25(15)14-28-10-11-31(7,8)9/h12-13H,10-11,14H2,1-9H3. The van der Waals surface area contributed by atoms with Crippen molar-refractivity contribution in [2.24, 2.45) is 0 Å². The molecule has 0 aliphatic carbocycles. The average molecular weight is 446 g/mol. The normalized spacial score (nSPS) is 18.0. The molecule has 0 amide bonds. The van der Waals surface area contributed by atoms with E-state index in [1.807, 2.05) is 45.3 Å². The van der Waals surface area contributed by atoms with Crippen LogP contribution in [0.2, 0.25) is 25.7 Å². The number of ether oxygens (including phenoxy) is 2. The highest BCUT2D eigenvalue weighted by atomic mass is 28.3. The molecule has 1 aromatic carbocycles. The van der Waals surface area contributed by atoms with Crippen molar-refractivity contribution >= 4 is 37.7 Å². The molecule has 0 atom stereocenters. The van der Waals surface area contributed by atoms with Gasteiger partial charge in [-0.25, -0.2) is 9.78 Å². The van der Waals surface area contributed by atoms with E-state index in [0.717, 1.165) is 22.8 Å². The van der Waals surface area contributed by atoms with Crippen LogP contribution in [0.5, 0.6) is 0 Å². The summed E-state index contributed by atoms with van der Waals surface area (Å²) < 4.78 is 25.4. The maximum atomic E-state index is 12.6. The lowest BCUT2D eigenvalue weighted by molar-refractivity contribution is 0.00578. The van der Waals surface area contributed by atoms with Crippen molar-refractivity contribution < 1.29 is 23.6 Å². The van der Waals surface area contributed by atoms with E-state index < -0.39 is 32.4 Å². The summed E-state index contributed by atoms with van der Waals surface area (Å²) in [6.45, 7) is 18.0. The minimum Gasteiger partial charge on any atom is -0.465 e. The Morgan fingerprint density at radius 1 is 1.16 bits per heavy atom. The van der Waals surface area contributed by atoms with Crippen LogP contribution < -0.4 is 5.46 Å². The quantitative estimate of drug-likeness (QED) is 0.367. The summed E-state index contributed by atoms with van der Waals surface area (Å²) in [6.07, 6.45) is 0. The molecule has 170 valence electrons. The second-order valence-electron chi connectivity index (χ2n) is 10.5. The lowest BCUT2D eigenvalue weighted by Crippen LogP contribution is -2.41. The van der Waals surface area contributed by atoms with E-state index in [1.165, 1.54) is 7.11 Å². The number of rotatable bonds is 7. The van der Waals surface area contributed by atoms with Crippen LogP contribution in [0.1, 0.15) is 43.9 Å². The molecule has 0 spiro atoms. The SMILES string of the molecule is COC(=O)c1cc(B2OC(C)(C)C(C)(C)O2)cc2c1nc(C)n2COCC[Si](C)(C)C. The van der Waals surface area contributed by atoms with Crippen LogP contribution in [0.25, 0.3) is 11.0 Å². The van der Waals surface area contributed by atoms with Crippen molar-refractivity contribution in [2.45, 2.75) is 78.2 Å². The number of aromatic nitrogens is 2. The Labute approximate surface area is 186 Å². The molecule has 1 aromatic heterocycles. The van der Waals surface area contributed by atoms with E-state index in [9.17, 15) is 4.79 Å². The van der Waals surface area contributed by atoms with Gasteiger partial charge >= 0.3 is 13.1 Å². The van der Waals surface area contributed by atoms with Crippen molar-refractivity contribution in [2.75, 3.05) is 13.7 Å². The lowest BCUT2D eigenvalue weighted by atomic mass is 9.78. The molecule has 3 rings (SSSR count). The third-order valence-electron chi connectivity index (χ3n) is 6.21. The van der Waals surface area contributed by atoms with Crippen LogP contribution in [0.4, 0.5) is 0 Å². The van der Waals surface area contributed by atoms with Gasteiger partial charge in [-0.3, -0.25) is 0 Å². The van der Waals surface area contributed by atoms with Gasteiger partial charge in [-0.05, 0) is 58.3 Å². The predicted molar refractivity (Wildman–Crippen MR) is 126 cm³/mol. The predicted octanol–water partition coefficient (Wildman–Crippen LogP) is 3.74. The van der Waals surface area contributed by atoms with Gasteiger partial charge in [-0.15, -0.1) is 0 Å². The first kappa shape index (κ1) is 24.0. The highest BCUT2D eigenvalue weighted by Gasteiger charge is 2.52. The maximum absolute atomic E-state index is 12.6. The maximum Gasteiger partial charge on any atom is 0.494 e. The van der Waals surface area contributed by atoms with Gasteiger partial charge in [0.1, 0.15) is 18.1 Å². The minimum atomic E-state index is -1.17. The second kappa shape index (κ2) is 8.35. The zero-order valence-corrected chi connectivity index (χ0v) is 21.3. The lowest BCUT2D eigenvalue weighted by Gasteiger charge is -2.32. The van der Waals surface area contributed by atoms with Crippen molar-refractivity contribution in [1.82, 2.24) is 9.55 Å². The zero-order chi connectivity index (χ0) is 23.2. The largest absolute Gasteiger partial charge is 0.494 e. The monoisotopic (exact) mass is 446 g/mol. The molecule has 31 heavy (non-hydrogen) atoms. The summed E-state index contributed by atoms with van der Waals surface area (Å²) in [6, 6.07) is 4.83. The zero-order valence-electron chi connectivity index (χ0n) is 20.3. The van der Waals surface area contributed by atoms with Crippen LogP contribution in [0.15, 0.2) is 12.1 Å². The van der Waals surface area contributed by atoms with Crippen LogP contribution in [0.3, 0.4) is 0 Å². The van der Waals surface area contributed by atoms with Gasteiger partial charge in [0.15, 0.2) is 0 Å². The van der Waals surface area contributed by atoms with E-state index in [-0.39, 0.29) is 0 Å². The molecular formula is C22H35BN2O5Si. The molecule has 1 saturated heterocycles. The summed E-state index contributed by atoms with van der Waals surface area (Å²) in [4.78, 5) is 17.2. The molecule has 2 heterocycles. The molecular weight excluding hydrogens is 411 g/mol. The summed E-state index contributed by atoms with van der Waals surface area (Å²) in [5.74, 6) is 0.340.